The Morgan fingerprint density at radius 1 is 1.18 bits per heavy atom. The van der Waals surface area contributed by atoms with E-state index in [0.29, 0.717) is 28.5 Å². The molecule has 150 valence electrons. The zero-order chi connectivity index (χ0) is 19.9. The molecular weight excluding hydrogens is 374 g/mol. The molecule has 28 heavy (non-hydrogen) atoms. The van der Waals surface area contributed by atoms with E-state index >= 15 is 0 Å². The summed E-state index contributed by atoms with van der Waals surface area (Å²) in [5.74, 6) is 0.0490. The van der Waals surface area contributed by atoms with Crippen LogP contribution < -0.4 is 10.1 Å². The standard InChI is InChI=1S/C22H27NO4S/c1-3-4-7-13-27-16-10-8-9-15(14-16)20(24)23-21-19(22(25)26-2)17-11-5-6-12-18(17)28-21/h8-10,14H,3-7,11-13H2,1-2H3,(H,23,24). The highest BCUT2D eigenvalue weighted by Gasteiger charge is 2.27. The second kappa shape index (κ2) is 9.73. The fraction of sp³-hybridized carbons (Fsp3) is 0.455. The normalized spacial score (nSPS) is 12.9. The number of rotatable bonds is 8. The van der Waals surface area contributed by atoms with Crippen LogP contribution in [0.5, 0.6) is 5.75 Å². The number of carbonyl (C=O) groups excluding carboxylic acids is 2. The Balaban J connectivity index is 1.76. The maximum Gasteiger partial charge on any atom is 0.341 e. The number of unbranched alkanes of at least 4 members (excludes halogenated alkanes) is 2. The highest BCUT2D eigenvalue weighted by Crippen LogP contribution is 2.38. The molecule has 0 saturated carbocycles. The minimum Gasteiger partial charge on any atom is -0.494 e. The van der Waals surface area contributed by atoms with Gasteiger partial charge in [0, 0.05) is 10.4 Å². The van der Waals surface area contributed by atoms with Crippen LogP contribution in [0.2, 0.25) is 0 Å². The number of anilines is 1. The second-order valence-corrected chi connectivity index (χ2v) is 8.05. The number of hydrogen-bond donors (Lipinski definition) is 1. The molecular formula is C22H27NO4S. The summed E-state index contributed by atoms with van der Waals surface area (Å²) < 4.78 is 10.7. The van der Waals surface area contributed by atoms with Gasteiger partial charge in [-0.3, -0.25) is 4.79 Å². The summed E-state index contributed by atoms with van der Waals surface area (Å²) in [6, 6.07) is 7.16. The number of benzene rings is 1. The van der Waals surface area contributed by atoms with Crippen LogP contribution in [-0.4, -0.2) is 25.6 Å². The van der Waals surface area contributed by atoms with Crippen LogP contribution >= 0.6 is 11.3 Å². The third kappa shape index (κ3) is 4.73. The van der Waals surface area contributed by atoms with Gasteiger partial charge in [-0.1, -0.05) is 25.8 Å². The number of ether oxygens (including phenoxy) is 2. The quantitative estimate of drug-likeness (QED) is 0.486. The van der Waals surface area contributed by atoms with Crippen molar-refractivity contribution < 1.29 is 19.1 Å². The average Bonchev–Trinajstić information content (AvgIpc) is 3.08. The number of amides is 1. The zero-order valence-corrected chi connectivity index (χ0v) is 17.3. The molecule has 1 aromatic heterocycles. The van der Waals surface area contributed by atoms with Crippen molar-refractivity contribution in [3.8, 4) is 5.75 Å². The molecule has 3 rings (SSSR count). The van der Waals surface area contributed by atoms with Crippen molar-refractivity contribution in [3.63, 3.8) is 0 Å². The van der Waals surface area contributed by atoms with Crippen LogP contribution in [0.15, 0.2) is 24.3 Å². The number of fused-ring (bicyclic) bond motifs is 1. The minimum absolute atomic E-state index is 0.247. The average molecular weight is 402 g/mol. The predicted molar refractivity (Wildman–Crippen MR) is 112 cm³/mol. The first-order chi connectivity index (χ1) is 13.6. The molecule has 0 atom stereocenters. The molecule has 6 heteroatoms. The lowest BCUT2D eigenvalue weighted by Gasteiger charge is -2.12. The zero-order valence-electron chi connectivity index (χ0n) is 16.5. The summed E-state index contributed by atoms with van der Waals surface area (Å²) in [6.45, 7) is 2.79. The Labute approximate surface area is 170 Å². The van der Waals surface area contributed by atoms with Gasteiger partial charge in [-0.15, -0.1) is 11.3 Å². The largest absolute Gasteiger partial charge is 0.494 e. The molecule has 0 unspecified atom stereocenters. The summed E-state index contributed by atoms with van der Waals surface area (Å²) >= 11 is 1.49. The van der Waals surface area contributed by atoms with E-state index in [2.05, 4.69) is 12.2 Å². The minimum atomic E-state index is -0.386. The molecule has 1 aliphatic carbocycles. The highest BCUT2D eigenvalue weighted by atomic mass is 32.1. The fourth-order valence-electron chi connectivity index (χ4n) is 3.42. The maximum atomic E-state index is 12.8. The van der Waals surface area contributed by atoms with E-state index in [1.807, 2.05) is 12.1 Å². The van der Waals surface area contributed by atoms with E-state index in [-0.39, 0.29) is 11.9 Å². The van der Waals surface area contributed by atoms with Crippen LogP contribution in [0.25, 0.3) is 0 Å². The lowest BCUT2D eigenvalue weighted by atomic mass is 9.95. The summed E-state index contributed by atoms with van der Waals surface area (Å²) in [4.78, 5) is 26.3. The van der Waals surface area contributed by atoms with E-state index in [1.165, 1.54) is 23.3 Å². The van der Waals surface area contributed by atoms with Crippen molar-refractivity contribution in [3.05, 3.63) is 45.8 Å². The molecule has 0 radical (unpaired) electrons. The van der Waals surface area contributed by atoms with Crippen molar-refractivity contribution in [2.45, 2.75) is 51.9 Å². The van der Waals surface area contributed by atoms with E-state index in [0.717, 1.165) is 50.5 Å². The summed E-state index contributed by atoms with van der Waals surface area (Å²) in [5, 5.41) is 3.51. The summed E-state index contributed by atoms with van der Waals surface area (Å²) in [6.07, 6.45) is 7.22. The van der Waals surface area contributed by atoms with Crippen LogP contribution in [0.1, 0.15) is 70.2 Å². The Morgan fingerprint density at radius 2 is 2.00 bits per heavy atom. The highest BCUT2D eigenvalue weighted by molar-refractivity contribution is 7.17. The first-order valence-corrected chi connectivity index (χ1v) is 10.7. The molecule has 1 aliphatic rings. The Morgan fingerprint density at radius 3 is 2.79 bits per heavy atom. The SMILES string of the molecule is CCCCCOc1cccc(C(=O)Nc2sc3c(c2C(=O)OC)CCCC3)c1. The lowest BCUT2D eigenvalue weighted by molar-refractivity contribution is 0.0601. The van der Waals surface area contributed by atoms with Gasteiger partial charge in [0.2, 0.25) is 0 Å². The number of carbonyl (C=O) groups is 2. The van der Waals surface area contributed by atoms with Gasteiger partial charge in [0.05, 0.1) is 19.3 Å². The lowest BCUT2D eigenvalue weighted by Crippen LogP contribution is -2.15. The molecule has 0 aliphatic heterocycles. The van der Waals surface area contributed by atoms with Crippen molar-refractivity contribution in [2.24, 2.45) is 0 Å². The molecule has 0 bridgehead atoms. The van der Waals surface area contributed by atoms with Crippen LogP contribution in [0.3, 0.4) is 0 Å². The first-order valence-electron chi connectivity index (χ1n) is 9.91. The molecule has 5 nitrogen and oxygen atoms in total. The Kier molecular flexibility index (Phi) is 7.09. The van der Waals surface area contributed by atoms with E-state index in [9.17, 15) is 9.59 Å². The van der Waals surface area contributed by atoms with Crippen molar-refractivity contribution in [1.29, 1.82) is 0 Å². The van der Waals surface area contributed by atoms with Gasteiger partial charge < -0.3 is 14.8 Å². The van der Waals surface area contributed by atoms with Crippen LogP contribution in [0, 0.1) is 0 Å². The molecule has 2 aromatic rings. The number of thiophene rings is 1. The van der Waals surface area contributed by atoms with Gasteiger partial charge in [-0.05, 0) is 55.9 Å². The molecule has 1 aromatic carbocycles. The predicted octanol–water partition coefficient (Wildman–Crippen LogP) is 5.23. The van der Waals surface area contributed by atoms with Gasteiger partial charge in [0.25, 0.3) is 5.91 Å². The molecule has 0 saturated heterocycles. The number of methoxy groups -OCH3 is 1. The number of esters is 1. The second-order valence-electron chi connectivity index (χ2n) is 6.94. The van der Waals surface area contributed by atoms with E-state index < -0.39 is 0 Å². The molecule has 1 N–H and O–H groups in total. The van der Waals surface area contributed by atoms with Crippen LogP contribution in [-0.2, 0) is 17.6 Å². The molecule has 0 spiro atoms. The summed E-state index contributed by atoms with van der Waals surface area (Å²) in [5.41, 5.74) is 2.06. The topological polar surface area (TPSA) is 64.6 Å². The van der Waals surface area contributed by atoms with Crippen molar-refractivity contribution >= 4 is 28.2 Å². The molecule has 1 amide bonds. The van der Waals surface area contributed by atoms with Gasteiger partial charge in [0.15, 0.2) is 0 Å². The van der Waals surface area contributed by atoms with E-state index in [4.69, 9.17) is 9.47 Å². The van der Waals surface area contributed by atoms with Crippen molar-refractivity contribution in [2.75, 3.05) is 19.0 Å². The maximum absolute atomic E-state index is 12.8. The number of hydrogen-bond acceptors (Lipinski definition) is 5. The Bertz CT molecular complexity index is 843. The Hall–Kier alpha value is -2.34. The summed E-state index contributed by atoms with van der Waals surface area (Å²) in [7, 11) is 1.38. The van der Waals surface area contributed by atoms with E-state index in [1.54, 1.807) is 12.1 Å². The molecule has 0 fully saturated rings. The van der Waals surface area contributed by atoms with Gasteiger partial charge in [-0.25, -0.2) is 4.79 Å². The number of nitrogens with one attached hydrogen (secondary N) is 1. The number of aryl methyl sites for hydroxylation is 1. The van der Waals surface area contributed by atoms with Gasteiger partial charge >= 0.3 is 5.97 Å². The monoisotopic (exact) mass is 401 g/mol. The van der Waals surface area contributed by atoms with Gasteiger partial charge in [0.1, 0.15) is 10.8 Å². The molecule has 1 heterocycles. The van der Waals surface area contributed by atoms with Crippen molar-refractivity contribution in [1.82, 2.24) is 0 Å². The fourth-order valence-corrected chi connectivity index (χ4v) is 4.69. The smallest absolute Gasteiger partial charge is 0.341 e. The third-order valence-corrected chi connectivity index (χ3v) is 6.11. The van der Waals surface area contributed by atoms with Gasteiger partial charge in [-0.2, -0.15) is 0 Å². The van der Waals surface area contributed by atoms with Crippen LogP contribution in [0.4, 0.5) is 5.00 Å². The first kappa shape index (κ1) is 20.4. The third-order valence-electron chi connectivity index (χ3n) is 4.90.